The zero-order valence-corrected chi connectivity index (χ0v) is 17.7. The number of aryl methyl sites for hydroxylation is 1. The number of carbonyl (C=O) groups is 1. The SMILES string of the molecule is Cc1nnnn1-c1ccc(F)c(NC(=O)c2cccc(S(=O)(=O)N(C)C(C)C)c2)c1. The zero-order valence-electron chi connectivity index (χ0n) is 16.9. The lowest BCUT2D eigenvalue weighted by Gasteiger charge is -2.21. The molecule has 158 valence electrons. The molecule has 0 aliphatic rings. The molecule has 0 aliphatic carbocycles. The van der Waals surface area contributed by atoms with Gasteiger partial charge in [0.15, 0.2) is 5.82 Å². The fourth-order valence-corrected chi connectivity index (χ4v) is 4.06. The summed E-state index contributed by atoms with van der Waals surface area (Å²) in [5, 5.41) is 13.6. The minimum atomic E-state index is -3.76. The molecule has 1 heterocycles. The van der Waals surface area contributed by atoms with Crippen molar-refractivity contribution < 1.29 is 17.6 Å². The van der Waals surface area contributed by atoms with Crippen molar-refractivity contribution in [2.45, 2.75) is 31.7 Å². The number of halogens is 1. The standard InChI is InChI=1S/C19H21FN6O3S/c1-12(2)25(4)30(28,29)16-7-5-6-14(10-16)19(27)21-18-11-15(8-9-17(18)20)26-13(3)22-23-24-26/h5-12H,1-4H3,(H,21,27). The second kappa shape index (κ2) is 8.28. The van der Waals surface area contributed by atoms with Crippen LogP contribution in [0, 0.1) is 12.7 Å². The first kappa shape index (κ1) is 21.5. The van der Waals surface area contributed by atoms with Gasteiger partial charge < -0.3 is 5.32 Å². The van der Waals surface area contributed by atoms with Crippen LogP contribution in [0.5, 0.6) is 0 Å². The lowest BCUT2D eigenvalue weighted by Crippen LogP contribution is -2.33. The second-order valence-electron chi connectivity index (χ2n) is 6.90. The first-order valence-electron chi connectivity index (χ1n) is 9.05. The maximum Gasteiger partial charge on any atom is 0.255 e. The van der Waals surface area contributed by atoms with Gasteiger partial charge in [0, 0.05) is 18.7 Å². The van der Waals surface area contributed by atoms with Crippen molar-refractivity contribution in [3.8, 4) is 5.69 Å². The van der Waals surface area contributed by atoms with Crippen molar-refractivity contribution in [3.63, 3.8) is 0 Å². The number of carbonyl (C=O) groups excluding carboxylic acids is 1. The average molecular weight is 432 g/mol. The van der Waals surface area contributed by atoms with Gasteiger partial charge in [0.25, 0.3) is 5.91 Å². The molecule has 2 aromatic carbocycles. The van der Waals surface area contributed by atoms with Crippen molar-refractivity contribution in [1.82, 2.24) is 24.5 Å². The number of hydrogen-bond acceptors (Lipinski definition) is 6. The summed E-state index contributed by atoms with van der Waals surface area (Å²) in [5.74, 6) is -0.809. The summed E-state index contributed by atoms with van der Waals surface area (Å²) in [6.45, 7) is 5.17. The fraction of sp³-hybridized carbons (Fsp3) is 0.263. The molecule has 9 nitrogen and oxygen atoms in total. The molecule has 11 heteroatoms. The Labute approximate surface area is 173 Å². The number of amides is 1. The van der Waals surface area contributed by atoms with Crippen LogP contribution in [0.2, 0.25) is 0 Å². The molecule has 1 N–H and O–H groups in total. The largest absolute Gasteiger partial charge is 0.319 e. The highest BCUT2D eigenvalue weighted by Crippen LogP contribution is 2.22. The van der Waals surface area contributed by atoms with Crippen molar-refractivity contribution in [3.05, 3.63) is 59.7 Å². The summed E-state index contributed by atoms with van der Waals surface area (Å²) in [6.07, 6.45) is 0. The highest BCUT2D eigenvalue weighted by molar-refractivity contribution is 7.89. The van der Waals surface area contributed by atoms with Gasteiger partial charge in [0.05, 0.1) is 16.3 Å². The number of tetrazole rings is 1. The maximum absolute atomic E-state index is 14.3. The molecule has 0 saturated heterocycles. The van der Waals surface area contributed by atoms with Gasteiger partial charge in [-0.15, -0.1) is 5.10 Å². The number of benzene rings is 2. The van der Waals surface area contributed by atoms with Crippen LogP contribution >= 0.6 is 0 Å². The molecule has 30 heavy (non-hydrogen) atoms. The molecule has 0 unspecified atom stereocenters. The summed E-state index contributed by atoms with van der Waals surface area (Å²) in [5.41, 5.74) is 0.459. The molecule has 0 atom stereocenters. The molecular weight excluding hydrogens is 411 g/mol. The van der Waals surface area contributed by atoms with Crippen LogP contribution in [0.15, 0.2) is 47.4 Å². The van der Waals surface area contributed by atoms with Crippen molar-refractivity contribution in [2.75, 3.05) is 12.4 Å². The van der Waals surface area contributed by atoms with E-state index in [2.05, 4.69) is 20.8 Å². The molecular formula is C19H21FN6O3S. The molecule has 0 bridgehead atoms. The van der Waals surface area contributed by atoms with Gasteiger partial charge in [-0.05, 0) is 67.6 Å². The molecule has 0 radical (unpaired) electrons. The van der Waals surface area contributed by atoms with Gasteiger partial charge in [0.2, 0.25) is 10.0 Å². The van der Waals surface area contributed by atoms with Gasteiger partial charge in [0.1, 0.15) is 5.82 Å². The highest BCUT2D eigenvalue weighted by Gasteiger charge is 2.24. The topological polar surface area (TPSA) is 110 Å². The van der Waals surface area contributed by atoms with E-state index in [4.69, 9.17) is 0 Å². The van der Waals surface area contributed by atoms with E-state index in [9.17, 15) is 17.6 Å². The van der Waals surface area contributed by atoms with E-state index in [1.165, 1.54) is 58.5 Å². The van der Waals surface area contributed by atoms with Crippen LogP contribution in [-0.4, -0.2) is 51.9 Å². The van der Waals surface area contributed by atoms with E-state index in [0.29, 0.717) is 11.5 Å². The van der Waals surface area contributed by atoms with E-state index in [0.717, 1.165) is 0 Å². The van der Waals surface area contributed by atoms with Gasteiger partial charge in [-0.2, -0.15) is 8.99 Å². The number of aromatic nitrogens is 4. The first-order chi connectivity index (χ1) is 14.1. The number of rotatable bonds is 6. The van der Waals surface area contributed by atoms with E-state index < -0.39 is 21.7 Å². The lowest BCUT2D eigenvalue weighted by molar-refractivity contribution is 0.102. The van der Waals surface area contributed by atoms with Crippen LogP contribution in [-0.2, 0) is 10.0 Å². The fourth-order valence-electron chi connectivity index (χ4n) is 2.65. The van der Waals surface area contributed by atoms with Crippen LogP contribution < -0.4 is 5.32 Å². The molecule has 1 amide bonds. The molecule has 0 aliphatic heterocycles. The molecule has 0 fully saturated rings. The summed E-state index contributed by atoms with van der Waals surface area (Å²) >= 11 is 0. The monoisotopic (exact) mass is 432 g/mol. The van der Waals surface area contributed by atoms with Crippen molar-refractivity contribution in [2.24, 2.45) is 0 Å². The molecule has 0 saturated carbocycles. The third-order valence-corrected chi connectivity index (χ3v) is 6.60. The maximum atomic E-state index is 14.3. The predicted octanol–water partition coefficient (Wildman–Crippen LogP) is 2.39. The van der Waals surface area contributed by atoms with Crippen molar-refractivity contribution in [1.29, 1.82) is 0 Å². The van der Waals surface area contributed by atoms with Crippen LogP contribution in [0.1, 0.15) is 30.0 Å². The summed E-state index contributed by atoms with van der Waals surface area (Å²) < 4.78 is 42.2. The molecule has 3 rings (SSSR count). The number of sulfonamides is 1. The second-order valence-corrected chi connectivity index (χ2v) is 8.90. The Kier molecular flexibility index (Phi) is 5.94. The molecule has 0 spiro atoms. The van der Waals surface area contributed by atoms with E-state index in [1.807, 2.05) is 0 Å². The van der Waals surface area contributed by atoms with E-state index in [1.54, 1.807) is 20.8 Å². The Hall–Kier alpha value is -3.18. The molecule has 1 aromatic heterocycles. The van der Waals surface area contributed by atoms with Crippen LogP contribution in [0.4, 0.5) is 10.1 Å². The van der Waals surface area contributed by atoms with Crippen LogP contribution in [0.25, 0.3) is 5.69 Å². The van der Waals surface area contributed by atoms with Gasteiger partial charge in [-0.3, -0.25) is 4.79 Å². The third kappa shape index (κ3) is 4.21. The first-order valence-corrected chi connectivity index (χ1v) is 10.5. The molecule has 3 aromatic rings. The number of nitrogens with one attached hydrogen (secondary N) is 1. The Morgan fingerprint density at radius 2 is 1.93 bits per heavy atom. The number of hydrogen-bond donors (Lipinski definition) is 1. The highest BCUT2D eigenvalue weighted by atomic mass is 32.2. The van der Waals surface area contributed by atoms with Gasteiger partial charge in [-0.1, -0.05) is 6.07 Å². The Morgan fingerprint density at radius 1 is 1.20 bits per heavy atom. The Bertz CT molecular complexity index is 1190. The third-order valence-electron chi connectivity index (χ3n) is 4.57. The normalized spacial score (nSPS) is 11.8. The summed E-state index contributed by atoms with van der Waals surface area (Å²) in [6, 6.07) is 9.39. The minimum absolute atomic E-state index is 0.0233. The number of nitrogens with zero attached hydrogens (tertiary/aromatic N) is 5. The zero-order chi connectivity index (χ0) is 22.1. The Morgan fingerprint density at radius 3 is 2.57 bits per heavy atom. The number of anilines is 1. The van der Waals surface area contributed by atoms with Gasteiger partial charge in [-0.25, -0.2) is 12.8 Å². The van der Waals surface area contributed by atoms with Crippen LogP contribution in [0.3, 0.4) is 0 Å². The summed E-state index contributed by atoms with van der Waals surface area (Å²) in [7, 11) is -2.30. The van der Waals surface area contributed by atoms with E-state index in [-0.39, 0.29) is 22.2 Å². The Balaban J connectivity index is 1.90. The van der Waals surface area contributed by atoms with E-state index >= 15 is 0 Å². The van der Waals surface area contributed by atoms with Crippen molar-refractivity contribution >= 4 is 21.6 Å². The summed E-state index contributed by atoms with van der Waals surface area (Å²) in [4.78, 5) is 12.7. The quantitative estimate of drug-likeness (QED) is 0.640. The smallest absolute Gasteiger partial charge is 0.255 e. The predicted molar refractivity (Wildman–Crippen MR) is 108 cm³/mol. The lowest BCUT2D eigenvalue weighted by atomic mass is 10.2. The minimum Gasteiger partial charge on any atom is -0.319 e. The average Bonchev–Trinajstić information content (AvgIpc) is 3.14. The van der Waals surface area contributed by atoms with Gasteiger partial charge >= 0.3 is 0 Å².